The summed E-state index contributed by atoms with van der Waals surface area (Å²) in [6.07, 6.45) is 0. The number of carbonyl (C=O) groups is 1. The number of halogens is 1. The number of nitrogens with one attached hydrogen (secondary N) is 1. The van der Waals surface area contributed by atoms with E-state index in [2.05, 4.69) is 5.32 Å². The second-order valence-electron chi connectivity index (χ2n) is 3.78. The van der Waals surface area contributed by atoms with Crippen LogP contribution in [-0.4, -0.2) is 6.03 Å². The van der Waals surface area contributed by atoms with Crippen molar-refractivity contribution < 1.29 is 9.21 Å². The molecule has 0 fully saturated rings. The first kappa shape index (κ1) is 13.0. The Morgan fingerprint density at radius 2 is 2.00 bits per heavy atom. The summed E-state index contributed by atoms with van der Waals surface area (Å²) in [5.41, 5.74) is 5.81. The largest absolute Gasteiger partial charge is 0.458 e. The van der Waals surface area contributed by atoms with E-state index in [9.17, 15) is 4.79 Å². The molecule has 1 heterocycles. The van der Waals surface area contributed by atoms with Crippen LogP contribution in [0.25, 0.3) is 11.3 Å². The molecule has 0 bridgehead atoms. The van der Waals surface area contributed by atoms with Gasteiger partial charge in [-0.3, -0.25) is 0 Å². The highest BCUT2D eigenvalue weighted by molar-refractivity contribution is 6.30. The summed E-state index contributed by atoms with van der Waals surface area (Å²) in [6.45, 7) is 0. The number of primary amides is 1. The van der Waals surface area contributed by atoms with Gasteiger partial charge in [-0.05, 0) is 36.4 Å². The maximum atomic E-state index is 10.8. The molecule has 0 saturated heterocycles. The van der Waals surface area contributed by atoms with Gasteiger partial charge < -0.3 is 15.5 Å². The highest BCUT2D eigenvalue weighted by Crippen LogP contribution is 2.26. The van der Waals surface area contributed by atoms with E-state index < -0.39 is 12.1 Å². The zero-order valence-electron chi connectivity index (χ0n) is 9.76. The predicted molar refractivity (Wildman–Crippen MR) is 70.2 cm³/mol. The standard InChI is InChI=1S/C13H10ClN3O2/c14-9-3-1-8(2-4-9)11-5-6-12(19-11)10(7-15)17-13(16)18/h1-6,10H,(H3,16,17,18). The van der Waals surface area contributed by atoms with Crippen LogP contribution >= 0.6 is 11.6 Å². The Labute approximate surface area is 114 Å². The van der Waals surface area contributed by atoms with Crippen LogP contribution in [-0.2, 0) is 0 Å². The normalized spacial score (nSPS) is 11.6. The van der Waals surface area contributed by atoms with Gasteiger partial charge in [-0.15, -0.1) is 0 Å². The molecule has 0 radical (unpaired) electrons. The van der Waals surface area contributed by atoms with Crippen molar-refractivity contribution in [2.24, 2.45) is 5.73 Å². The van der Waals surface area contributed by atoms with E-state index in [1.165, 1.54) is 0 Å². The number of benzene rings is 1. The van der Waals surface area contributed by atoms with Gasteiger partial charge in [0.25, 0.3) is 0 Å². The van der Waals surface area contributed by atoms with Crippen molar-refractivity contribution in [1.29, 1.82) is 5.26 Å². The molecule has 1 unspecified atom stereocenters. The molecule has 1 aromatic heterocycles. The number of hydrogen-bond acceptors (Lipinski definition) is 3. The minimum atomic E-state index is -0.904. The predicted octanol–water partition coefficient (Wildman–Crippen LogP) is 2.83. The molecule has 6 heteroatoms. The van der Waals surface area contributed by atoms with Crippen LogP contribution in [0.3, 0.4) is 0 Å². The van der Waals surface area contributed by atoms with Crippen LogP contribution in [0.15, 0.2) is 40.8 Å². The fourth-order valence-corrected chi connectivity index (χ4v) is 1.71. The third kappa shape index (κ3) is 3.06. The van der Waals surface area contributed by atoms with E-state index in [0.29, 0.717) is 16.5 Å². The Kier molecular flexibility index (Phi) is 3.74. The van der Waals surface area contributed by atoms with E-state index in [0.717, 1.165) is 5.56 Å². The number of urea groups is 1. The minimum Gasteiger partial charge on any atom is -0.458 e. The van der Waals surface area contributed by atoms with E-state index >= 15 is 0 Å². The first-order valence-corrected chi connectivity index (χ1v) is 5.79. The molecule has 1 atom stereocenters. The van der Waals surface area contributed by atoms with Gasteiger partial charge in [0.05, 0.1) is 6.07 Å². The Balaban J connectivity index is 2.25. The zero-order chi connectivity index (χ0) is 13.8. The van der Waals surface area contributed by atoms with E-state index in [-0.39, 0.29) is 0 Å². The van der Waals surface area contributed by atoms with Gasteiger partial charge in [-0.1, -0.05) is 11.6 Å². The molecule has 1 aromatic carbocycles. The topological polar surface area (TPSA) is 92.0 Å². The molecular weight excluding hydrogens is 266 g/mol. The van der Waals surface area contributed by atoms with Gasteiger partial charge in [-0.25, -0.2) is 4.79 Å². The van der Waals surface area contributed by atoms with E-state index in [4.69, 9.17) is 27.0 Å². The summed E-state index contributed by atoms with van der Waals surface area (Å²) in [5.74, 6) is 0.907. The van der Waals surface area contributed by atoms with Gasteiger partial charge in [0, 0.05) is 10.6 Å². The Bertz CT molecular complexity index is 628. The average molecular weight is 276 g/mol. The highest BCUT2D eigenvalue weighted by Gasteiger charge is 2.16. The Morgan fingerprint density at radius 3 is 2.58 bits per heavy atom. The molecule has 0 aliphatic carbocycles. The van der Waals surface area contributed by atoms with Crippen LogP contribution < -0.4 is 11.1 Å². The van der Waals surface area contributed by atoms with Crippen LogP contribution in [0.5, 0.6) is 0 Å². The molecular formula is C13H10ClN3O2. The minimum absolute atomic E-state index is 0.325. The van der Waals surface area contributed by atoms with Gasteiger partial charge in [0.15, 0.2) is 6.04 Å². The fraction of sp³-hybridized carbons (Fsp3) is 0.0769. The molecule has 2 amide bonds. The summed E-state index contributed by atoms with van der Waals surface area (Å²) in [6, 6.07) is 10.6. The van der Waals surface area contributed by atoms with E-state index in [1.54, 1.807) is 36.4 Å². The second kappa shape index (κ2) is 5.46. The van der Waals surface area contributed by atoms with Crippen molar-refractivity contribution in [1.82, 2.24) is 5.32 Å². The summed E-state index contributed by atoms with van der Waals surface area (Å²) in [7, 11) is 0. The number of amides is 2. The van der Waals surface area contributed by atoms with Gasteiger partial charge in [0.1, 0.15) is 11.5 Å². The maximum Gasteiger partial charge on any atom is 0.313 e. The lowest BCUT2D eigenvalue weighted by Crippen LogP contribution is -2.32. The van der Waals surface area contributed by atoms with Crippen molar-refractivity contribution in [2.75, 3.05) is 0 Å². The number of nitrogens with zero attached hydrogens (tertiary/aromatic N) is 1. The second-order valence-corrected chi connectivity index (χ2v) is 4.22. The van der Waals surface area contributed by atoms with Crippen molar-refractivity contribution in [2.45, 2.75) is 6.04 Å². The van der Waals surface area contributed by atoms with Crippen LogP contribution in [0.1, 0.15) is 11.8 Å². The first-order valence-electron chi connectivity index (χ1n) is 5.41. The lowest BCUT2D eigenvalue weighted by atomic mass is 10.2. The lowest BCUT2D eigenvalue weighted by molar-refractivity contribution is 0.246. The summed E-state index contributed by atoms with van der Waals surface area (Å²) in [5, 5.41) is 11.9. The quantitative estimate of drug-likeness (QED) is 0.902. The Morgan fingerprint density at radius 1 is 1.32 bits per heavy atom. The number of nitrogens with two attached hydrogens (primary N) is 1. The molecule has 0 saturated carbocycles. The number of hydrogen-bond donors (Lipinski definition) is 2. The number of rotatable bonds is 3. The molecule has 0 aliphatic rings. The smallest absolute Gasteiger partial charge is 0.313 e. The molecule has 2 aromatic rings. The fourth-order valence-electron chi connectivity index (χ4n) is 1.59. The SMILES string of the molecule is N#CC(NC(N)=O)c1ccc(-c2ccc(Cl)cc2)o1. The molecule has 0 aliphatic heterocycles. The molecule has 19 heavy (non-hydrogen) atoms. The molecule has 5 nitrogen and oxygen atoms in total. The average Bonchev–Trinajstić information content (AvgIpc) is 2.86. The van der Waals surface area contributed by atoms with Crippen molar-refractivity contribution >= 4 is 17.6 Å². The van der Waals surface area contributed by atoms with Crippen LogP contribution in [0.4, 0.5) is 4.79 Å². The van der Waals surface area contributed by atoms with Crippen molar-refractivity contribution in [3.63, 3.8) is 0 Å². The molecule has 3 N–H and O–H groups in total. The molecule has 2 rings (SSSR count). The van der Waals surface area contributed by atoms with Crippen LogP contribution in [0.2, 0.25) is 5.02 Å². The highest BCUT2D eigenvalue weighted by atomic mass is 35.5. The number of furan rings is 1. The van der Waals surface area contributed by atoms with Crippen molar-refractivity contribution in [3.8, 4) is 17.4 Å². The first-order chi connectivity index (χ1) is 9.10. The lowest BCUT2D eigenvalue weighted by Gasteiger charge is -2.05. The zero-order valence-corrected chi connectivity index (χ0v) is 10.5. The monoisotopic (exact) mass is 275 g/mol. The molecule has 0 spiro atoms. The van der Waals surface area contributed by atoms with Gasteiger partial charge in [-0.2, -0.15) is 5.26 Å². The maximum absolute atomic E-state index is 10.8. The number of carbonyl (C=O) groups excluding carboxylic acids is 1. The van der Waals surface area contributed by atoms with E-state index in [1.807, 2.05) is 6.07 Å². The van der Waals surface area contributed by atoms with Crippen molar-refractivity contribution in [3.05, 3.63) is 47.2 Å². The third-order valence-electron chi connectivity index (χ3n) is 2.46. The summed E-state index contributed by atoms with van der Waals surface area (Å²) >= 11 is 5.80. The summed E-state index contributed by atoms with van der Waals surface area (Å²) in [4.78, 5) is 10.8. The van der Waals surface area contributed by atoms with Crippen LogP contribution in [0, 0.1) is 11.3 Å². The van der Waals surface area contributed by atoms with Gasteiger partial charge in [0.2, 0.25) is 0 Å². The Hall–Kier alpha value is -2.45. The number of nitriles is 1. The third-order valence-corrected chi connectivity index (χ3v) is 2.71. The summed E-state index contributed by atoms with van der Waals surface area (Å²) < 4.78 is 5.53. The van der Waals surface area contributed by atoms with Gasteiger partial charge >= 0.3 is 6.03 Å². The molecule has 96 valence electrons.